The largest absolute Gasteiger partial charge is 0.490 e. The van der Waals surface area contributed by atoms with Gasteiger partial charge in [-0.15, -0.1) is 0 Å². The summed E-state index contributed by atoms with van der Waals surface area (Å²) in [6.45, 7) is 6.03. The Morgan fingerprint density at radius 1 is 1.19 bits per heavy atom. The summed E-state index contributed by atoms with van der Waals surface area (Å²) in [4.78, 5) is 22.7. The molecule has 2 aromatic rings. The first-order valence-corrected chi connectivity index (χ1v) is 8.82. The molecule has 1 unspecified atom stereocenters. The van der Waals surface area contributed by atoms with E-state index in [1.807, 2.05) is 13.8 Å². The predicted molar refractivity (Wildman–Crippen MR) is 95.7 cm³/mol. The van der Waals surface area contributed by atoms with E-state index in [9.17, 15) is 4.79 Å². The van der Waals surface area contributed by atoms with Crippen molar-refractivity contribution in [3.8, 4) is 17.4 Å². The number of rotatable bonds is 7. The van der Waals surface area contributed by atoms with Crippen LogP contribution in [0.3, 0.4) is 0 Å². The highest BCUT2D eigenvalue weighted by atomic mass is 16.5. The fourth-order valence-corrected chi connectivity index (χ4v) is 2.89. The Morgan fingerprint density at radius 3 is 2.73 bits per heavy atom. The molecule has 138 valence electrons. The molecule has 1 amide bonds. The van der Waals surface area contributed by atoms with Gasteiger partial charge in [0.15, 0.2) is 11.5 Å². The van der Waals surface area contributed by atoms with E-state index < -0.39 is 0 Å². The smallest absolute Gasteiger partial charge is 0.254 e. The summed E-state index contributed by atoms with van der Waals surface area (Å²) in [6.07, 6.45) is 5.44. The molecule has 0 aliphatic carbocycles. The summed E-state index contributed by atoms with van der Waals surface area (Å²) in [5.74, 6) is 1.67. The fraction of sp³-hybridized carbons (Fsp3) is 0.421. The molecule has 0 bridgehead atoms. The average molecular weight is 357 g/mol. The molecule has 7 heteroatoms. The van der Waals surface area contributed by atoms with E-state index in [-0.39, 0.29) is 12.0 Å². The summed E-state index contributed by atoms with van der Waals surface area (Å²) in [6, 6.07) is 5.30. The quantitative estimate of drug-likeness (QED) is 0.758. The Hall–Kier alpha value is -2.83. The van der Waals surface area contributed by atoms with Crippen LogP contribution in [0.1, 0.15) is 30.6 Å². The molecular formula is C19H23N3O4. The van der Waals surface area contributed by atoms with Crippen molar-refractivity contribution in [3.05, 3.63) is 42.4 Å². The van der Waals surface area contributed by atoms with Gasteiger partial charge in [-0.1, -0.05) is 0 Å². The molecule has 0 saturated carbocycles. The van der Waals surface area contributed by atoms with Crippen LogP contribution in [0, 0.1) is 0 Å². The normalized spacial score (nSPS) is 16.4. The molecular weight excluding hydrogens is 334 g/mol. The third kappa shape index (κ3) is 4.22. The molecule has 7 nitrogen and oxygen atoms in total. The number of ether oxygens (including phenoxy) is 3. The van der Waals surface area contributed by atoms with E-state index in [1.54, 1.807) is 41.7 Å². The van der Waals surface area contributed by atoms with Crippen molar-refractivity contribution >= 4 is 5.91 Å². The first kappa shape index (κ1) is 18.0. The maximum Gasteiger partial charge on any atom is 0.254 e. The zero-order chi connectivity index (χ0) is 18.4. The van der Waals surface area contributed by atoms with Crippen LogP contribution in [0.2, 0.25) is 0 Å². The topological polar surface area (TPSA) is 73.8 Å². The van der Waals surface area contributed by atoms with Crippen LogP contribution in [-0.4, -0.2) is 53.2 Å². The van der Waals surface area contributed by atoms with Crippen LogP contribution in [0.25, 0.3) is 0 Å². The Balaban J connectivity index is 1.66. The lowest BCUT2D eigenvalue weighted by Gasteiger charge is -2.18. The Morgan fingerprint density at radius 2 is 2.00 bits per heavy atom. The molecule has 0 radical (unpaired) electrons. The summed E-state index contributed by atoms with van der Waals surface area (Å²) in [5, 5.41) is 0. The molecule has 3 rings (SSSR count). The van der Waals surface area contributed by atoms with Gasteiger partial charge in [0.1, 0.15) is 6.10 Å². The fourth-order valence-electron chi connectivity index (χ4n) is 2.89. The zero-order valence-electron chi connectivity index (χ0n) is 15.1. The first-order chi connectivity index (χ1) is 12.7. The molecule has 0 N–H and O–H groups in total. The van der Waals surface area contributed by atoms with Crippen LogP contribution in [0.4, 0.5) is 0 Å². The minimum absolute atomic E-state index is 0.0424. The van der Waals surface area contributed by atoms with E-state index in [4.69, 9.17) is 14.2 Å². The first-order valence-electron chi connectivity index (χ1n) is 8.82. The molecule has 0 spiro atoms. The molecule has 1 aliphatic rings. The molecule has 1 aromatic heterocycles. The van der Waals surface area contributed by atoms with Crippen LogP contribution >= 0.6 is 0 Å². The van der Waals surface area contributed by atoms with Crippen molar-refractivity contribution in [3.63, 3.8) is 0 Å². The number of amides is 1. The lowest BCUT2D eigenvalue weighted by Crippen LogP contribution is -2.31. The number of benzene rings is 1. The van der Waals surface area contributed by atoms with Crippen LogP contribution in [-0.2, 0) is 0 Å². The minimum atomic E-state index is -0.0790. The highest BCUT2D eigenvalue weighted by Crippen LogP contribution is 2.29. The van der Waals surface area contributed by atoms with E-state index in [1.165, 1.54) is 0 Å². The van der Waals surface area contributed by atoms with Crippen molar-refractivity contribution in [2.45, 2.75) is 26.4 Å². The van der Waals surface area contributed by atoms with Crippen molar-refractivity contribution in [1.82, 2.24) is 14.9 Å². The zero-order valence-corrected chi connectivity index (χ0v) is 15.1. The van der Waals surface area contributed by atoms with Gasteiger partial charge in [-0.25, -0.2) is 4.98 Å². The highest BCUT2D eigenvalue weighted by molar-refractivity contribution is 5.95. The maximum absolute atomic E-state index is 12.8. The molecule has 1 atom stereocenters. The summed E-state index contributed by atoms with van der Waals surface area (Å²) >= 11 is 0. The van der Waals surface area contributed by atoms with Crippen molar-refractivity contribution in [1.29, 1.82) is 0 Å². The Kier molecular flexibility index (Phi) is 5.88. The van der Waals surface area contributed by atoms with Crippen molar-refractivity contribution < 1.29 is 19.0 Å². The number of carbonyl (C=O) groups excluding carboxylic acids is 1. The average Bonchev–Trinajstić information content (AvgIpc) is 3.12. The van der Waals surface area contributed by atoms with Crippen molar-refractivity contribution in [2.75, 3.05) is 26.3 Å². The van der Waals surface area contributed by atoms with E-state index >= 15 is 0 Å². The second-order valence-corrected chi connectivity index (χ2v) is 5.85. The minimum Gasteiger partial charge on any atom is -0.490 e. The summed E-state index contributed by atoms with van der Waals surface area (Å²) in [7, 11) is 0. The van der Waals surface area contributed by atoms with E-state index in [0.29, 0.717) is 49.2 Å². The molecule has 26 heavy (non-hydrogen) atoms. The Labute approximate surface area is 152 Å². The molecule has 1 fully saturated rings. The second-order valence-electron chi connectivity index (χ2n) is 5.85. The molecule has 2 heterocycles. The van der Waals surface area contributed by atoms with Gasteiger partial charge in [-0.2, -0.15) is 0 Å². The summed E-state index contributed by atoms with van der Waals surface area (Å²) in [5.41, 5.74) is 0.581. The maximum atomic E-state index is 12.8. The lowest BCUT2D eigenvalue weighted by atomic mass is 10.1. The van der Waals surface area contributed by atoms with Crippen LogP contribution in [0.15, 0.2) is 36.8 Å². The van der Waals surface area contributed by atoms with Crippen LogP contribution < -0.4 is 14.2 Å². The number of carbonyl (C=O) groups is 1. The SMILES string of the molecule is CCOc1ccc(C(=O)N2CCC(Oc3cnccn3)C2)cc1OCC. The van der Waals surface area contributed by atoms with E-state index in [2.05, 4.69) is 9.97 Å². The number of aromatic nitrogens is 2. The third-order valence-corrected chi connectivity index (χ3v) is 4.05. The van der Waals surface area contributed by atoms with Crippen LogP contribution in [0.5, 0.6) is 17.4 Å². The Bertz CT molecular complexity index is 739. The van der Waals surface area contributed by atoms with Gasteiger partial charge >= 0.3 is 0 Å². The van der Waals surface area contributed by atoms with Gasteiger partial charge in [0.2, 0.25) is 5.88 Å². The monoisotopic (exact) mass is 357 g/mol. The number of hydrogen-bond acceptors (Lipinski definition) is 6. The molecule has 1 aromatic carbocycles. The number of nitrogens with zero attached hydrogens (tertiary/aromatic N) is 3. The van der Waals surface area contributed by atoms with Gasteiger partial charge in [-0.05, 0) is 32.0 Å². The van der Waals surface area contributed by atoms with Gasteiger partial charge in [0, 0.05) is 30.9 Å². The van der Waals surface area contributed by atoms with Gasteiger partial charge < -0.3 is 19.1 Å². The van der Waals surface area contributed by atoms with Gasteiger partial charge in [0.25, 0.3) is 5.91 Å². The van der Waals surface area contributed by atoms with Gasteiger partial charge in [-0.3, -0.25) is 9.78 Å². The second kappa shape index (κ2) is 8.51. The molecule has 1 saturated heterocycles. The standard InChI is InChI=1S/C19H23N3O4/c1-3-24-16-6-5-14(11-17(16)25-4-2)19(23)22-10-7-15(13-22)26-18-12-20-8-9-21-18/h5-6,8-9,11-12,15H,3-4,7,10,13H2,1-2H3. The summed E-state index contributed by atoms with van der Waals surface area (Å²) < 4.78 is 17.0. The van der Waals surface area contributed by atoms with Crippen molar-refractivity contribution in [2.24, 2.45) is 0 Å². The van der Waals surface area contributed by atoms with Gasteiger partial charge in [0.05, 0.1) is 26.0 Å². The lowest BCUT2D eigenvalue weighted by molar-refractivity contribution is 0.0770. The molecule has 1 aliphatic heterocycles. The third-order valence-electron chi connectivity index (χ3n) is 4.05. The highest BCUT2D eigenvalue weighted by Gasteiger charge is 2.29. The van der Waals surface area contributed by atoms with E-state index in [0.717, 1.165) is 6.42 Å². The number of hydrogen-bond donors (Lipinski definition) is 0. The predicted octanol–water partition coefficient (Wildman–Crippen LogP) is 2.57. The number of likely N-dealkylation sites (tertiary alicyclic amines) is 1.